The van der Waals surface area contributed by atoms with E-state index >= 15 is 0 Å². The second-order valence-electron chi connectivity index (χ2n) is 20.6. The third-order valence-corrected chi connectivity index (χ3v) is 16.4. The van der Waals surface area contributed by atoms with Gasteiger partial charge in [-0.15, -0.1) is 0 Å². The van der Waals surface area contributed by atoms with Gasteiger partial charge in [0.05, 0.1) is 72.3 Å². The van der Waals surface area contributed by atoms with Gasteiger partial charge in [0, 0.05) is 49.4 Å². The monoisotopic (exact) mass is 1010 g/mol. The largest absolute Gasteiger partial charge is 0.456 e. The van der Waals surface area contributed by atoms with Crippen LogP contribution in [0.4, 0.5) is 0 Å². The normalized spacial score (nSPS) is 12.1. The molecule has 17 rings (SSSR count). The summed E-state index contributed by atoms with van der Waals surface area (Å²) in [6.07, 6.45) is 2.01. The summed E-state index contributed by atoms with van der Waals surface area (Å²) in [6.45, 7) is 0. The van der Waals surface area contributed by atoms with Crippen molar-refractivity contribution in [1.29, 1.82) is 0 Å². The highest BCUT2D eigenvalue weighted by molar-refractivity contribution is 6.28. The maximum Gasteiger partial charge on any atom is 0.200 e. The first-order valence-electron chi connectivity index (χ1n) is 26.7. The molecule has 0 fully saturated rings. The van der Waals surface area contributed by atoms with Gasteiger partial charge in [-0.1, -0.05) is 140 Å². The maximum atomic E-state index is 14.9. The van der Waals surface area contributed by atoms with E-state index in [1.807, 2.05) is 30.5 Å². The topological polar surface area (TPSA) is 62.8 Å². The van der Waals surface area contributed by atoms with Crippen molar-refractivity contribution < 1.29 is 4.42 Å². The van der Waals surface area contributed by atoms with E-state index in [0.29, 0.717) is 21.9 Å². The minimum Gasteiger partial charge on any atom is -0.456 e. The predicted octanol–water partition coefficient (Wildman–Crippen LogP) is 18.2. The number of pyridine rings is 1. The summed E-state index contributed by atoms with van der Waals surface area (Å²) < 4.78 is 16.3. The molecule has 12 aromatic carbocycles. The number of aromatic nitrogens is 5. The molecular formula is C72H43N5O2. The molecule has 0 saturated heterocycles. The van der Waals surface area contributed by atoms with Crippen LogP contribution in [0, 0.1) is 0 Å². The molecule has 0 aliphatic rings. The molecule has 368 valence electrons. The van der Waals surface area contributed by atoms with Gasteiger partial charge in [0.1, 0.15) is 11.2 Å². The number of hydrogen-bond donors (Lipinski definition) is 0. The lowest BCUT2D eigenvalue weighted by molar-refractivity contribution is 0.660. The highest BCUT2D eigenvalue weighted by Crippen LogP contribution is 2.43. The first-order valence-corrected chi connectivity index (χ1v) is 26.7. The van der Waals surface area contributed by atoms with Crippen LogP contribution in [0.2, 0.25) is 0 Å². The Bertz CT molecular complexity index is 5480. The van der Waals surface area contributed by atoms with E-state index in [1.165, 1.54) is 21.5 Å². The van der Waals surface area contributed by atoms with Crippen LogP contribution in [-0.2, 0) is 0 Å². The number of fused-ring (bicyclic) bond motifs is 18. The van der Waals surface area contributed by atoms with E-state index in [0.717, 1.165) is 110 Å². The number of nitrogens with zero attached hydrogens (tertiary/aromatic N) is 5. The Morgan fingerprint density at radius 1 is 0.253 bits per heavy atom. The lowest BCUT2D eigenvalue weighted by Gasteiger charge is -2.23. The third-order valence-electron chi connectivity index (χ3n) is 16.4. The van der Waals surface area contributed by atoms with Crippen molar-refractivity contribution in [1.82, 2.24) is 23.3 Å². The first-order chi connectivity index (χ1) is 39.1. The van der Waals surface area contributed by atoms with Crippen molar-refractivity contribution >= 4 is 131 Å². The SMILES string of the molecule is O=c1c2ccccc2oc2cc3c(cc12)c1cc2c(cc1c1ccc(-n4c5ccccc5c5ccccc54)cc1c1cc(-n4c5ccccc5c5ccccc54)cnc13)n(-c1ccccc1)c1ccccc1n2-c1ccccc1. The van der Waals surface area contributed by atoms with Gasteiger partial charge in [0.15, 0.2) is 0 Å². The van der Waals surface area contributed by atoms with E-state index < -0.39 is 0 Å². The molecule has 0 radical (unpaired) electrons. The fourth-order valence-electron chi connectivity index (χ4n) is 13.0. The van der Waals surface area contributed by atoms with Crippen LogP contribution in [0.3, 0.4) is 0 Å². The average molecular weight is 1010 g/mol. The molecule has 0 spiro atoms. The fourth-order valence-corrected chi connectivity index (χ4v) is 13.0. The van der Waals surface area contributed by atoms with Crippen molar-refractivity contribution in [2.75, 3.05) is 0 Å². The van der Waals surface area contributed by atoms with E-state index in [-0.39, 0.29) is 5.43 Å². The number of para-hydroxylation sites is 9. The summed E-state index contributed by atoms with van der Waals surface area (Å²) in [5.74, 6) is 0. The summed E-state index contributed by atoms with van der Waals surface area (Å²) >= 11 is 0. The molecule has 0 aliphatic carbocycles. The Kier molecular flexibility index (Phi) is 9.15. The molecule has 5 aromatic heterocycles. The maximum absolute atomic E-state index is 14.9. The van der Waals surface area contributed by atoms with Gasteiger partial charge >= 0.3 is 0 Å². The number of hydrogen-bond acceptors (Lipinski definition) is 3. The molecule has 79 heavy (non-hydrogen) atoms. The van der Waals surface area contributed by atoms with E-state index in [4.69, 9.17) is 9.40 Å². The van der Waals surface area contributed by atoms with Gasteiger partial charge in [-0.2, -0.15) is 0 Å². The lowest BCUT2D eigenvalue weighted by atomic mass is 9.94. The van der Waals surface area contributed by atoms with Crippen molar-refractivity contribution in [3.63, 3.8) is 0 Å². The van der Waals surface area contributed by atoms with Gasteiger partial charge in [-0.05, 0) is 142 Å². The Morgan fingerprint density at radius 3 is 1.22 bits per heavy atom. The Morgan fingerprint density at radius 2 is 0.658 bits per heavy atom. The molecule has 0 saturated carbocycles. The van der Waals surface area contributed by atoms with Crippen molar-refractivity contribution in [3.8, 4) is 22.7 Å². The van der Waals surface area contributed by atoms with Gasteiger partial charge < -0.3 is 22.7 Å². The van der Waals surface area contributed by atoms with Crippen LogP contribution in [0.1, 0.15) is 0 Å². The zero-order chi connectivity index (χ0) is 51.9. The van der Waals surface area contributed by atoms with Gasteiger partial charge in [-0.3, -0.25) is 9.78 Å². The lowest BCUT2D eigenvalue weighted by Crippen LogP contribution is -2.08. The molecule has 7 nitrogen and oxygen atoms in total. The molecule has 5 heterocycles. The zero-order valence-corrected chi connectivity index (χ0v) is 42.4. The molecule has 0 amide bonds. The fraction of sp³-hybridized carbons (Fsp3) is 0. The summed E-state index contributed by atoms with van der Waals surface area (Å²) in [5.41, 5.74) is 14.3. The predicted molar refractivity (Wildman–Crippen MR) is 328 cm³/mol. The Labute approximate surface area is 450 Å². The summed E-state index contributed by atoms with van der Waals surface area (Å²) in [4.78, 5) is 20.6. The summed E-state index contributed by atoms with van der Waals surface area (Å²) in [5, 5.41) is 12.4. The van der Waals surface area contributed by atoms with Crippen molar-refractivity contribution in [3.05, 3.63) is 271 Å². The smallest absolute Gasteiger partial charge is 0.200 e. The van der Waals surface area contributed by atoms with Crippen molar-refractivity contribution in [2.45, 2.75) is 0 Å². The van der Waals surface area contributed by atoms with Gasteiger partial charge in [0.2, 0.25) is 5.43 Å². The molecule has 0 bridgehead atoms. The van der Waals surface area contributed by atoms with Crippen LogP contribution < -0.4 is 5.43 Å². The zero-order valence-electron chi connectivity index (χ0n) is 42.4. The standard InChI is InChI=1S/C72H43N5O2/c78-72-53-27-11-18-34-69(53)79-70-42-59-55(39-60(70)72)57-41-68-67(74(44-19-3-1-4-20-44)65-32-16-17-33-66(65)75(68)45-21-5-2-6-22-45)40-56(57)48-36-35-46(76-61-28-12-7-23-49(61)50-24-8-13-29-62(50)76)37-54(48)58-38-47(43-73-71(58)59)77-63-30-14-9-25-51(63)52-26-10-15-31-64(52)77/h1-43H. The van der Waals surface area contributed by atoms with E-state index in [9.17, 15) is 4.79 Å². The molecule has 0 aliphatic heterocycles. The number of rotatable bonds is 4. The third kappa shape index (κ3) is 6.29. The highest BCUT2D eigenvalue weighted by atomic mass is 16.3. The highest BCUT2D eigenvalue weighted by Gasteiger charge is 2.22. The van der Waals surface area contributed by atoms with Crippen LogP contribution in [0.25, 0.3) is 154 Å². The quantitative estimate of drug-likeness (QED) is 0.165. The van der Waals surface area contributed by atoms with Crippen LogP contribution >= 0.6 is 0 Å². The number of benzene rings is 11. The second-order valence-corrected chi connectivity index (χ2v) is 20.6. The van der Waals surface area contributed by atoms with E-state index in [2.05, 4.69) is 249 Å². The molecule has 17 aromatic rings. The van der Waals surface area contributed by atoms with E-state index in [1.54, 1.807) is 0 Å². The second kappa shape index (κ2) is 16.6. The minimum atomic E-state index is -0.0811. The van der Waals surface area contributed by atoms with Gasteiger partial charge in [0.25, 0.3) is 0 Å². The van der Waals surface area contributed by atoms with Crippen LogP contribution in [0.5, 0.6) is 0 Å². The van der Waals surface area contributed by atoms with Crippen LogP contribution in [0.15, 0.2) is 270 Å². The molecule has 0 N–H and O–H groups in total. The average Bonchev–Trinajstić information content (AvgIpc) is 4.17. The summed E-state index contributed by atoms with van der Waals surface area (Å²) in [7, 11) is 0. The summed E-state index contributed by atoms with van der Waals surface area (Å²) in [6, 6.07) is 90.2. The minimum absolute atomic E-state index is 0.0811. The van der Waals surface area contributed by atoms with Gasteiger partial charge in [-0.25, -0.2) is 0 Å². The van der Waals surface area contributed by atoms with Crippen LogP contribution in [-0.4, -0.2) is 23.3 Å². The molecule has 0 unspecified atom stereocenters. The Balaban J connectivity index is 1.14. The molecular weight excluding hydrogens is 967 g/mol. The Hall–Kier alpha value is -10.8. The molecule has 0 atom stereocenters. The first kappa shape index (κ1) is 43.5. The van der Waals surface area contributed by atoms with Crippen molar-refractivity contribution in [2.24, 2.45) is 0 Å². The molecule has 7 heteroatoms.